The molecule has 1 aromatic carbocycles. The molecule has 2 N–H and O–H groups in total. The van der Waals surface area contributed by atoms with E-state index in [9.17, 15) is 9.59 Å². The van der Waals surface area contributed by atoms with Crippen molar-refractivity contribution in [1.29, 1.82) is 0 Å². The maximum absolute atomic E-state index is 12.7. The van der Waals surface area contributed by atoms with Crippen LogP contribution in [0.4, 0.5) is 5.82 Å². The number of benzene rings is 1. The van der Waals surface area contributed by atoms with Gasteiger partial charge in [0.1, 0.15) is 5.82 Å². The van der Waals surface area contributed by atoms with E-state index in [1.54, 1.807) is 30.5 Å². The van der Waals surface area contributed by atoms with E-state index in [-0.39, 0.29) is 18.4 Å². The molecule has 4 rings (SSSR count). The van der Waals surface area contributed by atoms with Crippen LogP contribution < -0.4 is 10.5 Å². The van der Waals surface area contributed by atoms with Crippen LogP contribution >= 0.6 is 0 Å². The molecule has 0 bridgehead atoms. The lowest BCUT2D eigenvalue weighted by atomic mass is 9.87. The van der Waals surface area contributed by atoms with E-state index in [4.69, 9.17) is 10.5 Å². The predicted octanol–water partition coefficient (Wildman–Crippen LogP) is 2.79. The Bertz CT molecular complexity index is 1090. The molecule has 0 radical (unpaired) electrons. The summed E-state index contributed by atoms with van der Waals surface area (Å²) in [6.07, 6.45) is 1.64. The maximum atomic E-state index is 12.7. The predicted molar refractivity (Wildman–Crippen MR) is 105 cm³/mol. The summed E-state index contributed by atoms with van der Waals surface area (Å²) >= 11 is 0. The topological polar surface area (TPSA) is 98.4 Å². The van der Waals surface area contributed by atoms with Gasteiger partial charge in [0.2, 0.25) is 5.88 Å². The number of nitrogen functional groups attached to an aromatic ring is 1. The molecular weight excluding hydrogens is 356 g/mol. The number of carbonyl (C=O) groups is 2. The molecule has 28 heavy (non-hydrogen) atoms. The third-order valence-corrected chi connectivity index (χ3v) is 5.06. The summed E-state index contributed by atoms with van der Waals surface area (Å²) in [6, 6.07) is 10.6. The van der Waals surface area contributed by atoms with Gasteiger partial charge in [-0.1, -0.05) is 26.0 Å². The number of rotatable bonds is 4. The minimum atomic E-state index is -0.605. The molecule has 7 nitrogen and oxygen atoms in total. The first-order valence-corrected chi connectivity index (χ1v) is 8.88. The fraction of sp³-hybridized carbons (Fsp3) is 0.238. The average Bonchev–Trinajstić information content (AvgIpc) is 2.92. The Morgan fingerprint density at radius 2 is 1.75 bits per heavy atom. The first-order chi connectivity index (χ1) is 13.3. The van der Waals surface area contributed by atoms with E-state index in [0.717, 1.165) is 5.39 Å². The number of nitrogens with zero attached hydrogens (tertiary/aromatic N) is 3. The van der Waals surface area contributed by atoms with E-state index < -0.39 is 5.41 Å². The molecule has 7 heteroatoms. The van der Waals surface area contributed by atoms with Crippen LogP contribution in [0.5, 0.6) is 5.88 Å². The van der Waals surface area contributed by atoms with Gasteiger partial charge in [0.05, 0.1) is 29.3 Å². The molecule has 0 saturated heterocycles. The van der Waals surface area contributed by atoms with Gasteiger partial charge in [-0.3, -0.25) is 14.5 Å². The van der Waals surface area contributed by atoms with Crippen molar-refractivity contribution in [2.45, 2.75) is 19.3 Å². The second-order valence-electron chi connectivity index (χ2n) is 7.44. The van der Waals surface area contributed by atoms with Crippen molar-refractivity contribution in [1.82, 2.24) is 14.9 Å². The quantitative estimate of drug-likeness (QED) is 0.703. The number of methoxy groups -OCH3 is 1. The third-order valence-electron chi connectivity index (χ3n) is 5.06. The van der Waals surface area contributed by atoms with Crippen LogP contribution in [0.15, 0.2) is 42.6 Å². The zero-order chi connectivity index (χ0) is 20.1. The monoisotopic (exact) mass is 376 g/mol. The Hall–Kier alpha value is -3.48. The van der Waals surface area contributed by atoms with E-state index in [2.05, 4.69) is 9.97 Å². The van der Waals surface area contributed by atoms with Crippen LogP contribution in [0.2, 0.25) is 0 Å². The van der Waals surface area contributed by atoms with Gasteiger partial charge < -0.3 is 10.5 Å². The van der Waals surface area contributed by atoms with E-state index in [0.29, 0.717) is 33.9 Å². The van der Waals surface area contributed by atoms with Crippen molar-refractivity contribution in [2.24, 2.45) is 0 Å². The number of anilines is 1. The number of carbonyl (C=O) groups excluding carboxylic acids is 2. The number of ether oxygens (including phenoxy) is 1. The zero-order valence-electron chi connectivity index (χ0n) is 15.9. The van der Waals surface area contributed by atoms with Gasteiger partial charge in [-0.2, -0.15) is 0 Å². The third kappa shape index (κ3) is 2.67. The number of pyridine rings is 2. The number of aromatic nitrogens is 2. The molecular formula is C21H20N4O3. The zero-order valence-corrected chi connectivity index (χ0v) is 15.9. The van der Waals surface area contributed by atoms with Crippen molar-refractivity contribution in [3.8, 4) is 5.88 Å². The van der Waals surface area contributed by atoms with E-state index in [1.807, 2.05) is 26.0 Å². The van der Waals surface area contributed by atoms with Crippen LogP contribution in [-0.4, -0.2) is 40.3 Å². The Balaban J connectivity index is 1.72. The minimum absolute atomic E-state index is 0.194. The Morgan fingerprint density at radius 3 is 2.36 bits per heavy atom. The van der Waals surface area contributed by atoms with Gasteiger partial charge in [0.25, 0.3) is 11.8 Å². The Labute approximate surface area is 162 Å². The maximum Gasteiger partial charge on any atom is 0.261 e. The molecule has 3 aromatic rings. The normalized spacial score (nSPS) is 13.9. The molecule has 2 amide bonds. The first-order valence-electron chi connectivity index (χ1n) is 8.88. The highest BCUT2D eigenvalue weighted by Crippen LogP contribution is 2.34. The number of hydrogen-bond acceptors (Lipinski definition) is 6. The first kappa shape index (κ1) is 17.9. The molecule has 0 unspecified atom stereocenters. The van der Waals surface area contributed by atoms with Crippen LogP contribution in [0.1, 0.15) is 40.3 Å². The molecule has 0 atom stereocenters. The van der Waals surface area contributed by atoms with E-state index in [1.165, 1.54) is 12.0 Å². The van der Waals surface area contributed by atoms with Crippen LogP contribution in [0.3, 0.4) is 0 Å². The summed E-state index contributed by atoms with van der Waals surface area (Å²) in [5.41, 5.74) is 7.13. The fourth-order valence-electron chi connectivity index (χ4n) is 3.56. The van der Waals surface area contributed by atoms with Gasteiger partial charge in [0.15, 0.2) is 0 Å². The summed E-state index contributed by atoms with van der Waals surface area (Å²) < 4.78 is 5.28. The average molecular weight is 376 g/mol. The van der Waals surface area contributed by atoms with Gasteiger partial charge >= 0.3 is 0 Å². The van der Waals surface area contributed by atoms with Gasteiger partial charge in [-0.05, 0) is 29.7 Å². The summed E-state index contributed by atoms with van der Waals surface area (Å²) in [4.78, 5) is 35.4. The number of nitrogens with two attached hydrogens (primary N) is 1. The molecule has 1 aliphatic rings. The lowest BCUT2D eigenvalue weighted by Crippen LogP contribution is -2.41. The summed E-state index contributed by atoms with van der Waals surface area (Å²) in [5.74, 6) is 0.140. The van der Waals surface area contributed by atoms with Crippen molar-refractivity contribution < 1.29 is 14.3 Å². The second-order valence-corrected chi connectivity index (χ2v) is 7.44. The van der Waals surface area contributed by atoms with Crippen LogP contribution in [-0.2, 0) is 5.41 Å². The summed E-state index contributed by atoms with van der Waals surface area (Å²) in [7, 11) is 1.53. The van der Waals surface area contributed by atoms with Crippen LogP contribution in [0, 0.1) is 0 Å². The van der Waals surface area contributed by atoms with Crippen LogP contribution in [0.25, 0.3) is 10.8 Å². The molecule has 0 spiro atoms. The van der Waals surface area contributed by atoms with Gasteiger partial charge in [-0.25, -0.2) is 9.97 Å². The molecule has 0 fully saturated rings. The smallest absolute Gasteiger partial charge is 0.261 e. The number of hydrogen-bond donors (Lipinski definition) is 1. The van der Waals surface area contributed by atoms with Gasteiger partial charge in [0, 0.05) is 18.2 Å². The molecule has 3 heterocycles. The number of fused-ring (bicyclic) bond motifs is 2. The van der Waals surface area contributed by atoms with E-state index >= 15 is 0 Å². The molecule has 0 aliphatic carbocycles. The molecule has 2 aromatic heterocycles. The largest absolute Gasteiger partial charge is 0.480 e. The highest BCUT2D eigenvalue weighted by molar-refractivity contribution is 6.21. The Morgan fingerprint density at radius 1 is 1.11 bits per heavy atom. The Kier molecular flexibility index (Phi) is 4.03. The minimum Gasteiger partial charge on any atom is -0.480 e. The number of imide groups is 1. The van der Waals surface area contributed by atoms with Gasteiger partial charge in [-0.15, -0.1) is 0 Å². The SMILES string of the molecule is COc1nccc2cc(C(C)(C)CN3C(=O)c4ccccc4C3=O)nc(N)c12. The molecule has 1 aliphatic heterocycles. The van der Waals surface area contributed by atoms with Crippen molar-refractivity contribution in [3.63, 3.8) is 0 Å². The second kappa shape index (κ2) is 6.30. The van der Waals surface area contributed by atoms with Crippen molar-refractivity contribution in [3.05, 3.63) is 59.4 Å². The van der Waals surface area contributed by atoms with Crippen molar-refractivity contribution in [2.75, 3.05) is 19.4 Å². The molecule has 0 saturated carbocycles. The fourth-order valence-corrected chi connectivity index (χ4v) is 3.56. The standard InChI is InChI=1S/C21H20N4O3/c1-21(2,11-25-19(26)13-6-4-5-7-14(13)20(25)27)15-10-12-8-9-23-18(28-3)16(12)17(22)24-15/h4-10H,11H2,1-3H3,(H2,22,24). The molecule has 142 valence electrons. The number of amides is 2. The highest BCUT2D eigenvalue weighted by Gasteiger charge is 2.39. The summed E-state index contributed by atoms with van der Waals surface area (Å²) in [6.45, 7) is 4.06. The highest BCUT2D eigenvalue weighted by atomic mass is 16.5. The lowest BCUT2D eigenvalue weighted by Gasteiger charge is -2.29. The lowest BCUT2D eigenvalue weighted by molar-refractivity contribution is 0.0622. The van der Waals surface area contributed by atoms with Crippen molar-refractivity contribution >= 4 is 28.4 Å². The summed E-state index contributed by atoms with van der Waals surface area (Å²) in [5, 5.41) is 1.48.